The van der Waals surface area contributed by atoms with Crippen molar-refractivity contribution in [2.75, 3.05) is 67.4 Å². The van der Waals surface area contributed by atoms with Gasteiger partial charge in [-0.25, -0.2) is 0 Å². The normalized spacial score (nSPS) is 26.0. The summed E-state index contributed by atoms with van der Waals surface area (Å²) in [4.78, 5) is 54.1. The van der Waals surface area contributed by atoms with Gasteiger partial charge < -0.3 is 35.6 Å². The average Bonchev–Trinajstić information content (AvgIpc) is 3.53. The maximum absolute atomic E-state index is 14.6. The summed E-state index contributed by atoms with van der Waals surface area (Å²) in [5, 5.41) is 22.7. The van der Waals surface area contributed by atoms with Crippen LogP contribution in [-0.4, -0.2) is 131 Å². The third-order valence-corrected chi connectivity index (χ3v) is 13.5. The van der Waals surface area contributed by atoms with Gasteiger partial charge in [0.25, 0.3) is 5.91 Å². The number of benzene rings is 2. The molecule has 0 aromatic heterocycles. The highest BCUT2D eigenvalue weighted by Gasteiger charge is 2.57. The zero-order chi connectivity index (χ0) is 44.4. The number of methoxy groups -OCH3 is 1. The summed E-state index contributed by atoms with van der Waals surface area (Å²) in [5.41, 5.74) is 3.99. The number of carbonyl (C=O) groups excluding carboxylic acids is 3. The van der Waals surface area contributed by atoms with Crippen molar-refractivity contribution in [2.45, 2.75) is 111 Å². The van der Waals surface area contributed by atoms with Crippen LogP contribution in [0.3, 0.4) is 0 Å². The fourth-order valence-corrected chi connectivity index (χ4v) is 9.81. The summed E-state index contributed by atoms with van der Waals surface area (Å²) in [7, 11) is 13.3. The Hall–Kier alpha value is -3.75. The first-order valence-electron chi connectivity index (χ1n) is 21.8. The summed E-state index contributed by atoms with van der Waals surface area (Å²) in [6.45, 7) is 16.0. The molecule has 3 saturated carbocycles. The molecule has 2 aromatic carbocycles. The van der Waals surface area contributed by atoms with E-state index in [0.29, 0.717) is 42.0 Å². The van der Waals surface area contributed by atoms with Crippen molar-refractivity contribution in [3.05, 3.63) is 47.5 Å². The molecule has 1 saturated heterocycles. The van der Waals surface area contributed by atoms with Gasteiger partial charge in [-0.3, -0.25) is 24.1 Å². The molecule has 4 N–H and O–H groups in total. The van der Waals surface area contributed by atoms with Crippen molar-refractivity contribution in [1.29, 1.82) is 0 Å². The minimum atomic E-state index is -0.910. The maximum atomic E-state index is 14.6. The smallest absolute Gasteiger partial charge is 0.252 e. The third-order valence-electron chi connectivity index (χ3n) is 13.5. The Morgan fingerprint density at radius 1 is 1.05 bits per heavy atom. The number of nitrogens with zero attached hydrogens (tertiary/aromatic N) is 4. The minimum absolute atomic E-state index is 0.00627. The Morgan fingerprint density at radius 2 is 1.75 bits per heavy atom. The van der Waals surface area contributed by atoms with Crippen LogP contribution in [0.4, 0.5) is 5.69 Å². The van der Waals surface area contributed by atoms with Gasteiger partial charge >= 0.3 is 0 Å². The molecular weight excluding hydrogens is 759 g/mol. The van der Waals surface area contributed by atoms with Crippen LogP contribution in [0.5, 0.6) is 5.75 Å². The van der Waals surface area contributed by atoms with E-state index in [2.05, 4.69) is 57.5 Å². The van der Waals surface area contributed by atoms with Gasteiger partial charge in [0.15, 0.2) is 0 Å². The molecule has 4 aliphatic rings. The lowest BCUT2D eigenvalue weighted by Crippen LogP contribution is -2.62. The highest BCUT2D eigenvalue weighted by molar-refractivity contribution is 5.97. The molecule has 1 heterocycles. The second-order valence-electron chi connectivity index (χ2n) is 20.3. The summed E-state index contributed by atoms with van der Waals surface area (Å²) >= 11 is 0. The molecule has 0 unspecified atom stereocenters. The van der Waals surface area contributed by atoms with Crippen LogP contribution in [0.2, 0.25) is 0 Å². The number of anilines is 1. The van der Waals surface area contributed by atoms with E-state index in [0.717, 1.165) is 35.2 Å². The molecule has 0 radical (unpaired) electrons. The van der Waals surface area contributed by atoms with Gasteiger partial charge in [-0.05, 0) is 107 Å². The first-order valence-corrected chi connectivity index (χ1v) is 21.8. The number of carbonyl (C=O) groups is 3. The maximum Gasteiger partial charge on any atom is 0.252 e. The van der Waals surface area contributed by atoms with Gasteiger partial charge in [-0.15, -0.1) is 0 Å². The summed E-state index contributed by atoms with van der Waals surface area (Å²) in [5.74, 6) is 0.884. The predicted octanol–water partition coefficient (Wildman–Crippen LogP) is 5.22. The quantitative estimate of drug-likeness (QED) is 0.157. The average molecular weight is 834 g/mol. The Kier molecular flexibility index (Phi) is 15.1. The van der Waals surface area contributed by atoms with Crippen LogP contribution in [0, 0.1) is 34.5 Å². The third kappa shape index (κ3) is 10.8. The molecule has 3 aliphatic carbocycles. The van der Waals surface area contributed by atoms with E-state index >= 15 is 0 Å². The molecule has 9 atom stereocenters. The minimum Gasteiger partial charge on any atom is -0.496 e. The SMILES string of the molecule is COc1c(CN2O[C@@H](CNC(=O)CCN(C)C)[C@@H]([C@H](C)O)[C@H]2C(=O)N[C@H]2C[C@H]3C[C@H]([C@@H]2C)C3(C)C)cccc1-c1cc(C(=O)N[C@@H](CC(C)(C)C)N(C)C)cc(N(C)C)c1. The molecule has 2 bridgehead atoms. The van der Waals surface area contributed by atoms with E-state index in [9.17, 15) is 19.5 Å². The van der Waals surface area contributed by atoms with Gasteiger partial charge in [0.05, 0.1) is 25.9 Å². The number of nitrogens with one attached hydrogen (secondary N) is 3. The zero-order valence-electron chi connectivity index (χ0n) is 38.9. The van der Waals surface area contributed by atoms with Gasteiger partial charge in [0.1, 0.15) is 17.9 Å². The van der Waals surface area contributed by atoms with Gasteiger partial charge in [-0.2, -0.15) is 5.06 Å². The number of ether oxygens (including phenoxy) is 1. The van der Waals surface area contributed by atoms with Crippen LogP contribution in [-0.2, 0) is 21.0 Å². The predicted molar refractivity (Wildman–Crippen MR) is 238 cm³/mol. The Balaban J connectivity index is 1.48. The number of amides is 3. The van der Waals surface area contributed by atoms with E-state index in [1.807, 2.05) is 93.4 Å². The molecule has 2 aromatic rings. The first-order chi connectivity index (χ1) is 28.0. The number of para-hydroxylation sites is 1. The lowest BCUT2D eigenvalue weighted by molar-refractivity contribution is -0.177. The number of hydrogen-bond acceptors (Lipinski definition) is 10. The topological polar surface area (TPSA) is 139 Å². The molecule has 13 heteroatoms. The fraction of sp³-hybridized carbons (Fsp3) is 0.681. The second-order valence-corrected chi connectivity index (χ2v) is 20.3. The monoisotopic (exact) mass is 834 g/mol. The van der Waals surface area contributed by atoms with Gasteiger partial charge in [0, 0.05) is 67.9 Å². The lowest BCUT2D eigenvalue weighted by Gasteiger charge is -2.62. The number of hydrogen-bond donors (Lipinski definition) is 4. The molecule has 6 rings (SSSR count). The van der Waals surface area contributed by atoms with Crippen LogP contribution >= 0.6 is 0 Å². The van der Waals surface area contributed by atoms with Gasteiger partial charge in [-0.1, -0.05) is 59.7 Å². The van der Waals surface area contributed by atoms with Crippen LogP contribution in [0.1, 0.15) is 90.1 Å². The number of rotatable bonds is 17. The van der Waals surface area contributed by atoms with E-state index in [4.69, 9.17) is 9.57 Å². The fourth-order valence-electron chi connectivity index (χ4n) is 9.81. The highest BCUT2D eigenvalue weighted by atomic mass is 16.7. The molecule has 0 spiro atoms. The molecule has 13 nitrogen and oxygen atoms in total. The largest absolute Gasteiger partial charge is 0.496 e. The number of fused-ring (bicyclic) bond motifs is 2. The molecule has 3 amide bonds. The zero-order valence-corrected chi connectivity index (χ0v) is 38.9. The van der Waals surface area contributed by atoms with Crippen molar-refractivity contribution in [3.63, 3.8) is 0 Å². The summed E-state index contributed by atoms with van der Waals surface area (Å²) < 4.78 is 6.17. The Bertz CT molecular complexity index is 1820. The molecule has 60 heavy (non-hydrogen) atoms. The molecule has 4 fully saturated rings. The summed E-state index contributed by atoms with van der Waals surface area (Å²) in [6, 6.07) is 10.9. The highest BCUT2D eigenvalue weighted by Crippen LogP contribution is 2.61. The van der Waals surface area contributed by atoms with Crippen molar-refractivity contribution < 1.29 is 29.1 Å². The lowest BCUT2D eigenvalue weighted by atomic mass is 9.45. The van der Waals surface area contributed by atoms with E-state index in [1.54, 1.807) is 19.1 Å². The van der Waals surface area contributed by atoms with Crippen LogP contribution in [0.25, 0.3) is 11.1 Å². The van der Waals surface area contributed by atoms with E-state index in [-0.39, 0.29) is 53.8 Å². The Labute approximate surface area is 359 Å². The van der Waals surface area contributed by atoms with Crippen molar-refractivity contribution in [3.8, 4) is 16.9 Å². The Morgan fingerprint density at radius 3 is 2.32 bits per heavy atom. The number of hydroxylamine groups is 2. The number of aliphatic hydroxyl groups is 1. The standard InChI is InChI=1S/C47H75N7O6/c1-28-36-23-33(47(36,6)7)24-37(28)49-45(58)42-41(29(2)55)38(26-48-40(56)18-19-51(8)9)60-54(42)27-30-16-15-17-35(43(30)59-14)31-20-32(22-34(21-31)52(10)11)44(57)50-39(53(12)13)25-46(3,4)5/h15-17,20-22,28-29,33,36-39,41-42,55H,18-19,23-27H2,1-14H3,(H,48,56)(H,49,58)(H,50,57)/t28-,29-,33+,36+,37-,38-,39+,41+,42-/m0/s1. The molecule has 1 aliphatic heterocycles. The number of aliphatic hydroxyl groups excluding tert-OH is 1. The van der Waals surface area contributed by atoms with Gasteiger partial charge in [0.2, 0.25) is 11.8 Å². The summed E-state index contributed by atoms with van der Waals surface area (Å²) in [6.07, 6.45) is 1.48. The second kappa shape index (κ2) is 19.1. The first kappa shape index (κ1) is 47.3. The van der Waals surface area contributed by atoms with Crippen molar-refractivity contribution in [1.82, 2.24) is 30.8 Å². The molecular formula is C47H75N7O6. The van der Waals surface area contributed by atoms with E-state index < -0.39 is 24.2 Å². The van der Waals surface area contributed by atoms with Crippen molar-refractivity contribution >= 4 is 23.4 Å². The molecule has 334 valence electrons. The van der Waals surface area contributed by atoms with Crippen molar-refractivity contribution in [2.24, 2.45) is 34.5 Å². The van der Waals surface area contributed by atoms with E-state index in [1.165, 1.54) is 6.42 Å². The van der Waals surface area contributed by atoms with Crippen LogP contribution < -0.4 is 25.6 Å². The van der Waals surface area contributed by atoms with Crippen LogP contribution in [0.15, 0.2) is 36.4 Å².